The number of furan rings is 2. The van der Waals surface area contributed by atoms with Gasteiger partial charge in [0.2, 0.25) is 0 Å². The number of para-hydroxylation sites is 4. The zero-order valence-corrected chi connectivity index (χ0v) is 45.3. The monoisotopic (exact) mass is 1020 g/mol. The number of benzene rings is 11. The third-order valence-corrected chi connectivity index (χ3v) is 16.8. The van der Waals surface area contributed by atoms with Crippen molar-refractivity contribution in [3.8, 4) is 44.5 Å². The van der Waals surface area contributed by atoms with Crippen molar-refractivity contribution in [1.29, 1.82) is 0 Å². The first-order chi connectivity index (χ1) is 38.5. The molecule has 4 heterocycles. The fourth-order valence-corrected chi connectivity index (χ4v) is 12.8. The Bertz CT molecular complexity index is 4300. The Morgan fingerprint density at radius 3 is 1.15 bits per heavy atom. The molecule has 0 unspecified atom stereocenters. The van der Waals surface area contributed by atoms with Gasteiger partial charge in [-0.1, -0.05) is 217 Å². The van der Waals surface area contributed by atoms with Gasteiger partial charge in [-0.15, -0.1) is 0 Å². The summed E-state index contributed by atoms with van der Waals surface area (Å²) in [5.74, 6) is 0. The molecular weight excluding hydrogens is 960 g/mol. The molecule has 15 rings (SSSR count). The minimum atomic E-state index is -0.0982. The number of nitrogens with zero attached hydrogens (tertiary/aromatic N) is 2. The van der Waals surface area contributed by atoms with Gasteiger partial charge in [-0.05, 0) is 121 Å². The SMILES string of the molecule is CC(C)(C)c1ccc2c(c1)N(c1ccc(-c3cccc4c3oc3ccccc34)cc1-c1ccccc1)c1cccc3c1B2c1ccc(C(C)(C)C)cc1N3c1ccc(-c2cccc3c2oc2ccccc23)cc1-c1ccccc1. The van der Waals surface area contributed by atoms with E-state index in [2.05, 4.69) is 276 Å². The van der Waals surface area contributed by atoms with Crippen molar-refractivity contribution in [2.75, 3.05) is 9.80 Å². The van der Waals surface area contributed by atoms with Gasteiger partial charge in [0.1, 0.15) is 22.3 Å². The molecule has 0 atom stereocenters. The Labute approximate surface area is 461 Å². The molecular formula is C74H57BN2O2. The minimum Gasteiger partial charge on any atom is -0.455 e. The van der Waals surface area contributed by atoms with E-state index >= 15 is 0 Å². The zero-order chi connectivity index (χ0) is 53.3. The summed E-state index contributed by atoms with van der Waals surface area (Å²) in [6, 6.07) is 87.3. The molecule has 4 nitrogen and oxygen atoms in total. The van der Waals surface area contributed by atoms with Crippen molar-refractivity contribution in [2.24, 2.45) is 0 Å². The van der Waals surface area contributed by atoms with Crippen LogP contribution in [0.15, 0.2) is 245 Å². The lowest BCUT2D eigenvalue weighted by Crippen LogP contribution is -2.61. The normalized spacial score (nSPS) is 13.1. The van der Waals surface area contributed by atoms with Crippen molar-refractivity contribution in [3.05, 3.63) is 248 Å². The highest BCUT2D eigenvalue weighted by atomic mass is 16.3. The maximum absolute atomic E-state index is 6.69. The van der Waals surface area contributed by atoms with Crippen LogP contribution in [0.1, 0.15) is 52.7 Å². The molecule has 2 aliphatic rings. The fraction of sp³-hybridized carbons (Fsp3) is 0.108. The summed E-state index contributed by atoms with van der Waals surface area (Å²) in [6.45, 7) is 13.9. The molecule has 0 fully saturated rings. The van der Waals surface area contributed by atoms with Crippen LogP contribution < -0.4 is 26.2 Å². The molecule has 2 aliphatic heterocycles. The summed E-state index contributed by atoms with van der Waals surface area (Å²) in [5.41, 5.74) is 25.6. The van der Waals surface area contributed by atoms with E-state index < -0.39 is 0 Å². The Balaban J connectivity index is 0.991. The van der Waals surface area contributed by atoms with Gasteiger partial charge < -0.3 is 18.6 Å². The van der Waals surface area contributed by atoms with Gasteiger partial charge in [0, 0.05) is 66.5 Å². The predicted molar refractivity (Wildman–Crippen MR) is 334 cm³/mol. The average molecular weight is 1020 g/mol. The van der Waals surface area contributed by atoms with Gasteiger partial charge in [0.05, 0.1) is 11.4 Å². The first-order valence-corrected chi connectivity index (χ1v) is 27.7. The molecule has 79 heavy (non-hydrogen) atoms. The molecule has 0 saturated heterocycles. The van der Waals surface area contributed by atoms with E-state index in [1.165, 1.54) is 38.9 Å². The summed E-state index contributed by atoms with van der Waals surface area (Å²) in [6.07, 6.45) is 0. The van der Waals surface area contributed by atoms with Crippen LogP contribution in [-0.4, -0.2) is 6.71 Å². The largest absolute Gasteiger partial charge is 0.455 e. The van der Waals surface area contributed by atoms with Gasteiger partial charge in [-0.2, -0.15) is 0 Å². The molecule has 5 heteroatoms. The van der Waals surface area contributed by atoms with E-state index in [4.69, 9.17) is 8.83 Å². The molecule has 0 amide bonds. The highest BCUT2D eigenvalue weighted by Gasteiger charge is 2.44. The molecule has 0 radical (unpaired) electrons. The summed E-state index contributed by atoms with van der Waals surface area (Å²) >= 11 is 0. The smallest absolute Gasteiger partial charge is 0.252 e. The average Bonchev–Trinajstić information content (AvgIpc) is 3.63. The number of rotatable bonds is 6. The molecule has 0 aliphatic carbocycles. The van der Waals surface area contributed by atoms with Crippen molar-refractivity contribution >= 4 is 101 Å². The molecule has 13 aromatic rings. The Morgan fingerprint density at radius 1 is 0.304 bits per heavy atom. The Kier molecular flexibility index (Phi) is 10.5. The standard InChI is InChI=1S/C74H57BN2O2/c1-73(2,3)50-36-38-60-66(44-50)76(62-40-34-48(42-58(62)46-20-9-7-10-21-46)52-26-17-28-56-54-24-13-15-32-68(54)78-71(52)56)64-30-19-31-65-70(64)75(60)61-39-37-51(74(4,5)6)45-67(61)77(65)63-41-35-49(43-59(63)47-22-11-8-12-23-47)53-27-18-29-57-55-25-14-16-33-69(55)79-72(53)57/h7-45H,1-6H3. The first kappa shape index (κ1) is 46.9. The van der Waals surface area contributed by atoms with E-state index in [1.807, 2.05) is 12.1 Å². The predicted octanol–water partition coefficient (Wildman–Crippen LogP) is 18.8. The summed E-state index contributed by atoms with van der Waals surface area (Å²) < 4.78 is 13.4. The van der Waals surface area contributed by atoms with E-state index in [1.54, 1.807) is 0 Å². The van der Waals surface area contributed by atoms with Crippen LogP contribution in [-0.2, 0) is 10.8 Å². The highest BCUT2D eigenvalue weighted by molar-refractivity contribution is 7.00. The molecule has 0 saturated carbocycles. The Morgan fingerprint density at radius 2 is 0.709 bits per heavy atom. The molecule has 11 aromatic carbocycles. The second-order valence-electron chi connectivity index (χ2n) is 23.6. The third-order valence-electron chi connectivity index (χ3n) is 16.8. The topological polar surface area (TPSA) is 32.8 Å². The van der Waals surface area contributed by atoms with Crippen molar-refractivity contribution in [2.45, 2.75) is 52.4 Å². The van der Waals surface area contributed by atoms with E-state index in [-0.39, 0.29) is 17.5 Å². The van der Waals surface area contributed by atoms with Crippen LogP contribution in [0, 0.1) is 0 Å². The minimum absolute atomic E-state index is 0.0537. The van der Waals surface area contributed by atoms with E-state index in [9.17, 15) is 0 Å². The lowest BCUT2D eigenvalue weighted by atomic mass is 9.33. The van der Waals surface area contributed by atoms with Crippen LogP contribution in [0.3, 0.4) is 0 Å². The molecule has 0 spiro atoms. The first-order valence-electron chi connectivity index (χ1n) is 27.7. The number of fused-ring (bicyclic) bond motifs is 10. The van der Waals surface area contributed by atoms with E-state index in [0.29, 0.717) is 0 Å². The lowest BCUT2D eigenvalue weighted by molar-refractivity contribution is 0.590. The second-order valence-corrected chi connectivity index (χ2v) is 23.6. The quantitative estimate of drug-likeness (QED) is 0.155. The number of anilines is 6. The maximum Gasteiger partial charge on any atom is 0.252 e. The van der Waals surface area contributed by atoms with Gasteiger partial charge in [0.25, 0.3) is 6.71 Å². The maximum atomic E-state index is 6.69. The van der Waals surface area contributed by atoms with Gasteiger partial charge in [0.15, 0.2) is 0 Å². The van der Waals surface area contributed by atoms with Gasteiger partial charge in [-0.25, -0.2) is 0 Å². The number of hydrogen-bond acceptors (Lipinski definition) is 4. The van der Waals surface area contributed by atoms with Crippen molar-refractivity contribution < 1.29 is 8.83 Å². The van der Waals surface area contributed by atoms with E-state index in [0.717, 1.165) is 111 Å². The zero-order valence-electron chi connectivity index (χ0n) is 45.3. The summed E-state index contributed by atoms with van der Waals surface area (Å²) in [7, 11) is 0. The van der Waals surface area contributed by atoms with Crippen LogP contribution in [0.4, 0.5) is 34.1 Å². The second kappa shape index (κ2) is 17.6. The van der Waals surface area contributed by atoms with Gasteiger partial charge >= 0.3 is 0 Å². The Hall–Kier alpha value is -9.32. The van der Waals surface area contributed by atoms with Crippen LogP contribution >= 0.6 is 0 Å². The summed E-state index contributed by atoms with van der Waals surface area (Å²) in [5, 5.41) is 4.49. The van der Waals surface area contributed by atoms with Crippen LogP contribution in [0.5, 0.6) is 0 Å². The lowest BCUT2D eigenvalue weighted by Gasteiger charge is -2.45. The fourth-order valence-electron chi connectivity index (χ4n) is 12.8. The molecule has 2 aromatic heterocycles. The molecule has 0 bridgehead atoms. The number of hydrogen-bond donors (Lipinski definition) is 0. The molecule has 0 N–H and O–H groups in total. The van der Waals surface area contributed by atoms with Crippen molar-refractivity contribution in [3.63, 3.8) is 0 Å². The van der Waals surface area contributed by atoms with Crippen LogP contribution in [0.25, 0.3) is 88.4 Å². The van der Waals surface area contributed by atoms with Crippen molar-refractivity contribution in [1.82, 2.24) is 0 Å². The molecule has 378 valence electrons. The third kappa shape index (κ3) is 7.43. The highest BCUT2D eigenvalue weighted by Crippen LogP contribution is 2.51. The van der Waals surface area contributed by atoms with Gasteiger partial charge in [-0.3, -0.25) is 0 Å². The van der Waals surface area contributed by atoms with Crippen LogP contribution in [0.2, 0.25) is 0 Å². The summed E-state index contributed by atoms with van der Waals surface area (Å²) in [4.78, 5) is 5.16.